The number of alkyl halides is 1. The Balaban J connectivity index is 3.25. The summed E-state index contributed by atoms with van der Waals surface area (Å²) in [6, 6.07) is 6.08. The lowest BCUT2D eigenvalue weighted by molar-refractivity contribution is -0.145. The first-order valence-corrected chi connectivity index (χ1v) is 12.7. The lowest BCUT2D eigenvalue weighted by Gasteiger charge is -2.31. The quantitative estimate of drug-likeness (QED) is 0.301. The van der Waals surface area contributed by atoms with E-state index in [9.17, 15) is 26.4 Å². The van der Waals surface area contributed by atoms with Gasteiger partial charge in [0.15, 0.2) is 0 Å². The van der Waals surface area contributed by atoms with Crippen molar-refractivity contribution in [2.45, 2.75) is 19.4 Å². The Morgan fingerprint density at radius 2 is 1.69 bits per heavy atom. The summed E-state index contributed by atoms with van der Waals surface area (Å²) in [5.74, 6) is -1.06. The summed E-state index contributed by atoms with van der Waals surface area (Å²) in [4.78, 5) is 25.0. The standard InChI is InChI=1S/C16H24ClN3O7S2/c1-4-27-15(21)14(12-13-8-6-5-7-9-13)18-16(22)20(29(3,25)26)19(11-10-17)28(2,23)24/h5-9,14H,4,10-12H2,1-3H3,(H,18,22). The van der Waals surface area contributed by atoms with Crippen LogP contribution in [0.2, 0.25) is 0 Å². The molecule has 1 N–H and O–H groups in total. The van der Waals surface area contributed by atoms with Gasteiger partial charge in [0.05, 0.1) is 19.1 Å². The molecule has 13 heteroatoms. The van der Waals surface area contributed by atoms with Gasteiger partial charge in [0.1, 0.15) is 6.04 Å². The van der Waals surface area contributed by atoms with Crippen LogP contribution in [0.15, 0.2) is 30.3 Å². The van der Waals surface area contributed by atoms with E-state index in [0.29, 0.717) is 16.2 Å². The number of esters is 1. The van der Waals surface area contributed by atoms with Crippen LogP contribution in [0, 0.1) is 0 Å². The first-order chi connectivity index (χ1) is 13.4. The van der Waals surface area contributed by atoms with E-state index >= 15 is 0 Å². The summed E-state index contributed by atoms with van der Waals surface area (Å²) < 4.78 is 53.7. The number of urea groups is 1. The highest BCUT2D eigenvalue weighted by Crippen LogP contribution is 2.13. The average molecular weight is 470 g/mol. The van der Waals surface area contributed by atoms with Crippen molar-refractivity contribution >= 4 is 43.6 Å². The minimum Gasteiger partial charge on any atom is -0.464 e. The molecule has 0 aliphatic heterocycles. The van der Waals surface area contributed by atoms with Gasteiger partial charge in [0, 0.05) is 18.8 Å². The van der Waals surface area contributed by atoms with Crippen LogP contribution >= 0.6 is 11.6 Å². The molecule has 1 unspecified atom stereocenters. The maximum atomic E-state index is 12.7. The minimum absolute atomic E-state index is 0.0113. The summed E-state index contributed by atoms with van der Waals surface area (Å²) in [6.07, 6.45) is 1.41. The molecule has 0 heterocycles. The fourth-order valence-corrected chi connectivity index (χ4v) is 4.89. The Bertz CT molecular complexity index is 908. The molecule has 1 rings (SSSR count). The molecule has 0 radical (unpaired) electrons. The molecule has 10 nitrogen and oxygen atoms in total. The smallest absolute Gasteiger partial charge is 0.347 e. The molecule has 1 aromatic carbocycles. The Morgan fingerprint density at radius 1 is 1.10 bits per heavy atom. The fourth-order valence-electron chi connectivity index (χ4n) is 2.37. The number of rotatable bonds is 10. The van der Waals surface area contributed by atoms with Gasteiger partial charge in [0.25, 0.3) is 10.0 Å². The van der Waals surface area contributed by atoms with Crippen LogP contribution < -0.4 is 5.32 Å². The lowest BCUT2D eigenvalue weighted by Crippen LogP contribution is -2.58. The number of sulfonamides is 2. The second kappa shape index (κ2) is 10.8. The van der Waals surface area contributed by atoms with Crippen molar-refractivity contribution in [1.82, 2.24) is 14.1 Å². The zero-order valence-corrected chi connectivity index (χ0v) is 18.6. The molecule has 1 atom stereocenters. The number of hydrogen-bond acceptors (Lipinski definition) is 7. The van der Waals surface area contributed by atoms with Crippen molar-refractivity contribution < 1.29 is 31.2 Å². The highest BCUT2D eigenvalue weighted by Gasteiger charge is 2.37. The Labute approximate surface area is 175 Å². The number of hydrazine groups is 1. The fraction of sp³-hybridized carbons (Fsp3) is 0.500. The van der Waals surface area contributed by atoms with Crippen molar-refractivity contribution in [3.8, 4) is 0 Å². The molecule has 0 saturated carbocycles. The van der Waals surface area contributed by atoms with E-state index in [1.165, 1.54) is 0 Å². The summed E-state index contributed by atoms with van der Waals surface area (Å²) >= 11 is 5.57. The molecule has 29 heavy (non-hydrogen) atoms. The van der Waals surface area contributed by atoms with E-state index in [-0.39, 0.29) is 23.3 Å². The predicted molar refractivity (Wildman–Crippen MR) is 108 cm³/mol. The summed E-state index contributed by atoms with van der Waals surface area (Å²) in [6.45, 7) is 1.15. The first-order valence-electron chi connectivity index (χ1n) is 8.46. The molecule has 0 aliphatic carbocycles. The number of amides is 2. The van der Waals surface area contributed by atoms with Crippen LogP contribution in [-0.4, -0.2) is 75.2 Å². The van der Waals surface area contributed by atoms with Gasteiger partial charge in [-0.05, 0) is 12.5 Å². The van der Waals surface area contributed by atoms with Gasteiger partial charge in [-0.2, -0.15) is 0 Å². The van der Waals surface area contributed by atoms with Crippen molar-refractivity contribution in [2.75, 3.05) is 31.5 Å². The van der Waals surface area contributed by atoms with Gasteiger partial charge in [-0.15, -0.1) is 16.0 Å². The van der Waals surface area contributed by atoms with Crippen LogP contribution in [0.4, 0.5) is 4.79 Å². The number of ether oxygens (including phenoxy) is 1. The maximum Gasteiger partial charge on any atom is 0.347 e. The van der Waals surface area contributed by atoms with E-state index in [1.54, 1.807) is 37.3 Å². The van der Waals surface area contributed by atoms with Gasteiger partial charge < -0.3 is 10.1 Å². The second-order valence-electron chi connectivity index (χ2n) is 5.95. The molecule has 0 bridgehead atoms. The van der Waals surface area contributed by atoms with Gasteiger partial charge in [-0.3, -0.25) is 0 Å². The molecule has 0 fully saturated rings. The van der Waals surface area contributed by atoms with E-state index in [2.05, 4.69) is 5.32 Å². The van der Waals surface area contributed by atoms with E-state index in [1.807, 2.05) is 0 Å². The van der Waals surface area contributed by atoms with Crippen LogP contribution in [0.3, 0.4) is 0 Å². The van der Waals surface area contributed by atoms with Gasteiger partial charge in [0.2, 0.25) is 10.0 Å². The molecule has 0 aliphatic rings. The number of hydrogen-bond donors (Lipinski definition) is 1. The third-order valence-corrected chi connectivity index (χ3v) is 5.88. The molecule has 0 saturated heterocycles. The maximum absolute atomic E-state index is 12.7. The average Bonchev–Trinajstić information content (AvgIpc) is 2.60. The number of nitrogens with one attached hydrogen (secondary N) is 1. The Hall–Kier alpha value is -1.89. The largest absolute Gasteiger partial charge is 0.464 e. The second-order valence-corrected chi connectivity index (χ2v) is 10.0. The predicted octanol–water partition coefficient (Wildman–Crippen LogP) is 0.547. The molecular weight excluding hydrogens is 446 g/mol. The Kier molecular flexibility index (Phi) is 9.33. The van der Waals surface area contributed by atoms with Crippen molar-refractivity contribution in [3.63, 3.8) is 0 Å². The Morgan fingerprint density at radius 3 is 2.14 bits per heavy atom. The number of benzene rings is 1. The summed E-state index contributed by atoms with van der Waals surface area (Å²) in [5.41, 5.74) is 0.678. The highest BCUT2D eigenvalue weighted by molar-refractivity contribution is 7.91. The zero-order chi connectivity index (χ0) is 22.2. The molecule has 164 valence electrons. The van der Waals surface area contributed by atoms with Crippen LogP contribution in [0.5, 0.6) is 0 Å². The van der Waals surface area contributed by atoms with E-state index in [4.69, 9.17) is 16.3 Å². The zero-order valence-electron chi connectivity index (χ0n) is 16.2. The minimum atomic E-state index is -4.37. The lowest BCUT2D eigenvalue weighted by atomic mass is 10.1. The monoisotopic (exact) mass is 469 g/mol. The van der Waals surface area contributed by atoms with Crippen molar-refractivity contribution in [3.05, 3.63) is 35.9 Å². The first kappa shape index (κ1) is 25.1. The van der Waals surface area contributed by atoms with E-state index < -0.39 is 44.6 Å². The van der Waals surface area contributed by atoms with E-state index in [0.717, 1.165) is 6.26 Å². The van der Waals surface area contributed by atoms with Crippen LogP contribution in [0.1, 0.15) is 12.5 Å². The van der Waals surface area contributed by atoms with Crippen molar-refractivity contribution in [1.29, 1.82) is 0 Å². The summed E-state index contributed by atoms with van der Waals surface area (Å²) in [7, 11) is -8.53. The van der Waals surface area contributed by atoms with Gasteiger partial charge in [-0.25, -0.2) is 26.4 Å². The van der Waals surface area contributed by atoms with Crippen LogP contribution in [0.25, 0.3) is 0 Å². The molecule has 2 amide bonds. The molecule has 0 aromatic heterocycles. The number of nitrogens with zero attached hydrogens (tertiary/aromatic N) is 2. The van der Waals surface area contributed by atoms with Crippen LogP contribution in [-0.2, 0) is 36.0 Å². The molecular formula is C16H24ClN3O7S2. The SMILES string of the molecule is CCOC(=O)C(Cc1ccccc1)NC(=O)N(N(CCCl)S(C)(=O)=O)S(C)(=O)=O. The number of halogens is 1. The highest BCUT2D eigenvalue weighted by atomic mass is 35.5. The third kappa shape index (κ3) is 7.80. The normalized spacial score (nSPS) is 13.0. The molecule has 1 aromatic rings. The number of carbonyl (C=O) groups is 2. The summed E-state index contributed by atoms with van der Waals surface area (Å²) in [5, 5.41) is 2.25. The van der Waals surface area contributed by atoms with Crippen molar-refractivity contribution in [2.24, 2.45) is 0 Å². The van der Waals surface area contributed by atoms with Gasteiger partial charge in [-0.1, -0.05) is 34.7 Å². The topological polar surface area (TPSA) is 130 Å². The van der Waals surface area contributed by atoms with Gasteiger partial charge >= 0.3 is 12.0 Å². The molecule has 0 spiro atoms. The number of carbonyl (C=O) groups excluding carboxylic acids is 2. The third-order valence-electron chi connectivity index (χ3n) is 3.50.